The van der Waals surface area contributed by atoms with Gasteiger partial charge in [-0.25, -0.2) is 0 Å². The predicted molar refractivity (Wildman–Crippen MR) is 73.7 cm³/mol. The highest BCUT2D eigenvalue weighted by molar-refractivity contribution is 9.10. The van der Waals surface area contributed by atoms with Crippen molar-refractivity contribution >= 4 is 15.9 Å². The average Bonchev–Trinajstić information content (AvgIpc) is 2.39. The van der Waals surface area contributed by atoms with Crippen molar-refractivity contribution < 1.29 is 18.3 Å². The first-order valence-electron chi connectivity index (χ1n) is 6.37. The molecule has 1 aliphatic rings. The zero-order valence-corrected chi connectivity index (χ0v) is 12.3. The molecule has 0 unspecified atom stereocenters. The molecule has 0 aliphatic carbocycles. The van der Waals surface area contributed by atoms with E-state index in [1.165, 1.54) is 12.1 Å². The van der Waals surface area contributed by atoms with E-state index >= 15 is 0 Å². The van der Waals surface area contributed by atoms with Crippen LogP contribution in [0.4, 0.5) is 13.2 Å². The van der Waals surface area contributed by atoms with Crippen LogP contribution in [0, 0.1) is 0 Å². The van der Waals surface area contributed by atoms with Crippen LogP contribution in [0.3, 0.4) is 0 Å². The maximum atomic E-state index is 12.9. The quantitative estimate of drug-likeness (QED) is 0.877. The Balaban J connectivity index is 2.31. The van der Waals surface area contributed by atoms with Gasteiger partial charge in [-0.05, 0) is 23.8 Å². The van der Waals surface area contributed by atoms with E-state index < -0.39 is 18.6 Å². The van der Waals surface area contributed by atoms with Crippen molar-refractivity contribution in [3.05, 3.63) is 28.2 Å². The number of nitrogens with one attached hydrogen (secondary N) is 1. The Morgan fingerprint density at radius 1 is 1.30 bits per heavy atom. The summed E-state index contributed by atoms with van der Waals surface area (Å²) in [7, 11) is 0. The molecule has 1 aromatic rings. The standard InChI is InChI=1S/C13H16BrF3N2O/c14-11-2-1-9(20)7-10(11)12(8-13(15,16)17)19-5-3-18-4-6-19/h1-2,7,12,18,20H,3-6,8H2/t12-/m0/s1. The van der Waals surface area contributed by atoms with Gasteiger partial charge in [0.15, 0.2) is 0 Å². The van der Waals surface area contributed by atoms with Gasteiger partial charge in [0.2, 0.25) is 0 Å². The van der Waals surface area contributed by atoms with Gasteiger partial charge in [0, 0.05) is 36.7 Å². The Labute approximate surface area is 123 Å². The minimum absolute atomic E-state index is 0.0227. The monoisotopic (exact) mass is 352 g/mol. The lowest BCUT2D eigenvalue weighted by Gasteiger charge is -2.36. The molecule has 1 saturated heterocycles. The van der Waals surface area contributed by atoms with Crippen LogP contribution in [-0.4, -0.2) is 42.4 Å². The van der Waals surface area contributed by atoms with Crippen LogP contribution >= 0.6 is 15.9 Å². The molecular weight excluding hydrogens is 337 g/mol. The summed E-state index contributed by atoms with van der Waals surface area (Å²) in [6.07, 6.45) is -5.17. The number of hydrogen-bond acceptors (Lipinski definition) is 3. The summed E-state index contributed by atoms with van der Waals surface area (Å²) in [4.78, 5) is 1.81. The van der Waals surface area contributed by atoms with Crippen molar-refractivity contribution in [3.8, 4) is 5.75 Å². The summed E-state index contributed by atoms with van der Waals surface area (Å²) in [5.41, 5.74) is 0.476. The minimum Gasteiger partial charge on any atom is -0.508 e. The van der Waals surface area contributed by atoms with Gasteiger partial charge < -0.3 is 10.4 Å². The first-order valence-corrected chi connectivity index (χ1v) is 7.16. The van der Waals surface area contributed by atoms with E-state index in [9.17, 15) is 18.3 Å². The van der Waals surface area contributed by atoms with Gasteiger partial charge in [0.25, 0.3) is 0 Å². The van der Waals surface area contributed by atoms with Gasteiger partial charge in [0.05, 0.1) is 6.42 Å². The van der Waals surface area contributed by atoms with Crippen LogP contribution < -0.4 is 5.32 Å². The maximum absolute atomic E-state index is 12.9. The summed E-state index contributed by atoms with van der Waals surface area (Å²) in [5, 5.41) is 12.7. The summed E-state index contributed by atoms with van der Waals surface area (Å²) < 4.78 is 39.2. The Hall–Kier alpha value is -0.790. The third kappa shape index (κ3) is 4.10. The van der Waals surface area contributed by atoms with Crippen LogP contribution in [0.25, 0.3) is 0 Å². The highest BCUT2D eigenvalue weighted by atomic mass is 79.9. The molecule has 0 saturated carbocycles. The highest BCUT2D eigenvalue weighted by Gasteiger charge is 2.36. The van der Waals surface area contributed by atoms with Crippen molar-refractivity contribution in [2.45, 2.75) is 18.6 Å². The molecular formula is C13H16BrF3N2O. The predicted octanol–water partition coefficient (Wildman–Crippen LogP) is 3.05. The lowest BCUT2D eigenvalue weighted by Crippen LogP contribution is -2.46. The van der Waals surface area contributed by atoms with Gasteiger partial charge in [-0.2, -0.15) is 13.2 Å². The minimum atomic E-state index is -4.25. The molecule has 1 aromatic carbocycles. The molecule has 2 N–H and O–H groups in total. The first kappa shape index (κ1) is 15.6. The summed E-state index contributed by atoms with van der Waals surface area (Å²) >= 11 is 3.28. The van der Waals surface area contributed by atoms with Crippen molar-refractivity contribution in [1.82, 2.24) is 10.2 Å². The second-order valence-corrected chi connectivity index (χ2v) is 5.68. The van der Waals surface area contributed by atoms with Crippen molar-refractivity contribution in [3.63, 3.8) is 0 Å². The number of nitrogens with zero attached hydrogens (tertiary/aromatic N) is 1. The molecule has 112 valence electrons. The fourth-order valence-corrected chi connectivity index (χ4v) is 2.95. The molecule has 2 rings (SSSR count). The van der Waals surface area contributed by atoms with Gasteiger partial charge in [-0.3, -0.25) is 4.90 Å². The van der Waals surface area contributed by atoms with E-state index in [0.29, 0.717) is 36.2 Å². The van der Waals surface area contributed by atoms with Crippen LogP contribution in [0.15, 0.2) is 22.7 Å². The maximum Gasteiger partial charge on any atom is 0.390 e. The summed E-state index contributed by atoms with van der Waals surface area (Å²) in [5.74, 6) is -0.0227. The van der Waals surface area contributed by atoms with Crippen molar-refractivity contribution in [2.24, 2.45) is 0 Å². The smallest absolute Gasteiger partial charge is 0.390 e. The van der Waals surface area contributed by atoms with Gasteiger partial charge in [-0.15, -0.1) is 0 Å². The average molecular weight is 353 g/mol. The van der Waals surface area contributed by atoms with E-state index in [1.807, 2.05) is 4.90 Å². The fraction of sp³-hybridized carbons (Fsp3) is 0.538. The molecule has 0 bridgehead atoms. The lowest BCUT2D eigenvalue weighted by molar-refractivity contribution is -0.148. The topological polar surface area (TPSA) is 35.5 Å². The molecule has 0 radical (unpaired) electrons. The fourth-order valence-electron chi connectivity index (χ4n) is 2.44. The summed E-state index contributed by atoms with van der Waals surface area (Å²) in [6, 6.07) is 3.66. The third-order valence-corrected chi connectivity index (χ3v) is 4.08. The summed E-state index contributed by atoms with van der Waals surface area (Å²) in [6.45, 7) is 2.46. The molecule has 1 aliphatic heterocycles. The van der Waals surface area contributed by atoms with Crippen LogP contribution in [0.1, 0.15) is 18.0 Å². The number of benzene rings is 1. The van der Waals surface area contributed by atoms with Gasteiger partial charge in [0.1, 0.15) is 5.75 Å². The number of aromatic hydroxyl groups is 1. The Morgan fingerprint density at radius 3 is 2.55 bits per heavy atom. The Morgan fingerprint density at radius 2 is 1.95 bits per heavy atom. The Bertz CT molecular complexity index is 461. The largest absolute Gasteiger partial charge is 0.508 e. The number of halogens is 4. The number of hydrogen-bond donors (Lipinski definition) is 2. The Kier molecular flexibility index (Phi) is 4.93. The van der Waals surface area contributed by atoms with E-state index in [2.05, 4.69) is 21.2 Å². The second-order valence-electron chi connectivity index (χ2n) is 4.83. The number of phenols is 1. The van der Waals surface area contributed by atoms with Gasteiger partial charge >= 0.3 is 6.18 Å². The van der Waals surface area contributed by atoms with E-state index in [4.69, 9.17) is 0 Å². The molecule has 1 heterocycles. The van der Waals surface area contributed by atoms with Crippen LogP contribution in [-0.2, 0) is 0 Å². The van der Waals surface area contributed by atoms with Crippen molar-refractivity contribution in [2.75, 3.05) is 26.2 Å². The molecule has 0 amide bonds. The van der Waals surface area contributed by atoms with Crippen LogP contribution in [0.5, 0.6) is 5.75 Å². The SMILES string of the molecule is Oc1ccc(Br)c([C@H](CC(F)(F)F)N2CCNCC2)c1. The molecule has 7 heteroatoms. The first-order chi connectivity index (χ1) is 9.37. The number of phenolic OH excluding ortho intramolecular Hbond substituents is 1. The van der Waals surface area contributed by atoms with E-state index in [1.54, 1.807) is 6.07 Å². The molecule has 3 nitrogen and oxygen atoms in total. The number of alkyl halides is 3. The molecule has 0 spiro atoms. The number of rotatable bonds is 3. The zero-order valence-electron chi connectivity index (χ0n) is 10.8. The number of piperazine rings is 1. The second kappa shape index (κ2) is 6.32. The van der Waals surface area contributed by atoms with E-state index in [0.717, 1.165) is 0 Å². The highest BCUT2D eigenvalue weighted by Crippen LogP contribution is 2.38. The normalized spacial score (nSPS) is 19.0. The molecule has 1 atom stereocenters. The van der Waals surface area contributed by atoms with Crippen LogP contribution in [0.2, 0.25) is 0 Å². The van der Waals surface area contributed by atoms with Crippen molar-refractivity contribution in [1.29, 1.82) is 0 Å². The van der Waals surface area contributed by atoms with Gasteiger partial charge in [-0.1, -0.05) is 15.9 Å². The van der Waals surface area contributed by atoms with E-state index in [-0.39, 0.29) is 5.75 Å². The molecule has 0 aromatic heterocycles. The molecule has 1 fully saturated rings. The third-order valence-electron chi connectivity index (χ3n) is 3.36. The zero-order chi connectivity index (χ0) is 14.8. The lowest BCUT2D eigenvalue weighted by atomic mass is 10.0. The molecule has 20 heavy (non-hydrogen) atoms.